The van der Waals surface area contributed by atoms with Gasteiger partial charge in [-0.3, -0.25) is 4.79 Å². The quantitative estimate of drug-likeness (QED) is 0.462. The largest absolute Gasteiger partial charge is 0.493 e. The number of pyridine rings is 1. The molecule has 0 saturated carbocycles. The van der Waals surface area contributed by atoms with Crippen molar-refractivity contribution in [3.63, 3.8) is 0 Å². The Kier molecular flexibility index (Phi) is 7.04. The molecule has 3 aromatic rings. The summed E-state index contributed by atoms with van der Waals surface area (Å²) >= 11 is 0. The van der Waals surface area contributed by atoms with Crippen molar-refractivity contribution in [2.45, 2.75) is 0 Å². The minimum Gasteiger partial charge on any atom is -0.493 e. The zero-order valence-corrected chi connectivity index (χ0v) is 18.8. The lowest BCUT2D eigenvalue weighted by Crippen LogP contribution is -2.06. The molecule has 0 fully saturated rings. The molecule has 2 aromatic carbocycles. The molecule has 3 rings (SSSR count). The lowest BCUT2D eigenvalue weighted by atomic mass is 10.0. The van der Waals surface area contributed by atoms with E-state index in [1.165, 1.54) is 28.4 Å². The molecular weight excluding hydrogens is 414 g/mol. The highest BCUT2D eigenvalue weighted by atomic mass is 16.5. The van der Waals surface area contributed by atoms with Gasteiger partial charge in [0.2, 0.25) is 17.3 Å². The number of ether oxygens (including phenoxy) is 6. The molecule has 0 aliphatic carbocycles. The second-order valence-electron chi connectivity index (χ2n) is 6.57. The molecule has 1 heterocycles. The van der Waals surface area contributed by atoms with E-state index in [0.29, 0.717) is 51.3 Å². The van der Waals surface area contributed by atoms with Crippen molar-refractivity contribution in [2.24, 2.45) is 0 Å². The van der Waals surface area contributed by atoms with Crippen LogP contribution in [0.5, 0.6) is 34.5 Å². The summed E-state index contributed by atoms with van der Waals surface area (Å²) in [5, 5.41) is 0. The van der Waals surface area contributed by atoms with Crippen molar-refractivity contribution >= 4 is 5.78 Å². The molecule has 0 unspecified atom stereocenters. The fourth-order valence-corrected chi connectivity index (χ4v) is 3.31. The number of nitrogens with zero attached hydrogens (tertiary/aromatic N) is 1. The number of hydrogen-bond acceptors (Lipinski definition) is 8. The Morgan fingerprint density at radius 3 is 1.56 bits per heavy atom. The van der Waals surface area contributed by atoms with Crippen LogP contribution in [0.15, 0.2) is 42.5 Å². The van der Waals surface area contributed by atoms with Gasteiger partial charge in [-0.25, -0.2) is 4.98 Å². The van der Waals surface area contributed by atoms with Crippen molar-refractivity contribution in [1.29, 1.82) is 0 Å². The van der Waals surface area contributed by atoms with Crippen molar-refractivity contribution in [3.05, 3.63) is 53.7 Å². The molecule has 0 bridgehead atoms. The highest BCUT2D eigenvalue weighted by molar-refractivity contribution is 6.08. The zero-order chi connectivity index (χ0) is 23.3. The van der Waals surface area contributed by atoms with Gasteiger partial charge < -0.3 is 28.4 Å². The van der Waals surface area contributed by atoms with Crippen LogP contribution in [0, 0.1) is 0 Å². The Hall–Kier alpha value is -3.94. The maximum Gasteiger partial charge on any atom is 0.211 e. The van der Waals surface area contributed by atoms with Crippen LogP contribution >= 0.6 is 0 Å². The Balaban J connectivity index is 2.06. The predicted octanol–water partition coefficient (Wildman–Crippen LogP) is 4.03. The first-order chi connectivity index (χ1) is 15.5. The fourth-order valence-electron chi connectivity index (χ4n) is 3.31. The highest BCUT2D eigenvalue weighted by Gasteiger charge is 2.20. The van der Waals surface area contributed by atoms with Crippen LogP contribution in [0.1, 0.15) is 16.1 Å². The van der Waals surface area contributed by atoms with Crippen LogP contribution < -0.4 is 28.4 Å². The number of carbonyl (C=O) groups is 1. The van der Waals surface area contributed by atoms with Gasteiger partial charge in [0.05, 0.1) is 48.4 Å². The average molecular weight is 439 g/mol. The molecule has 8 heteroatoms. The molecule has 0 N–H and O–H groups in total. The van der Waals surface area contributed by atoms with E-state index in [9.17, 15) is 4.79 Å². The summed E-state index contributed by atoms with van der Waals surface area (Å²) in [6.07, 6.45) is 0. The summed E-state index contributed by atoms with van der Waals surface area (Å²) in [6.45, 7) is 0. The van der Waals surface area contributed by atoms with E-state index in [2.05, 4.69) is 4.98 Å². The Bertz CT molecular complexity index is 1080. The molecule has 168 valence electrons. The third kappa shape index (κ3) is 4.25. The van der Waals surface area contributed by atoms with E-state index >= 15 is 0 Å². The van der Waals surface area contributed by atoms with E-state index in [-0.39, 0.29) is 11.5 Å². The molecule has 0 spiro atoms. The first-order valence-electron chi connectivity index (χ1n) is 9.63. The second kappa shape index (κ2) is 9.91. The summed E-state index contributed by atoms with van der Waals surface area (Å²) < 4.78 is 32.3. The zero-order valence-electron chi connectivity index (χ0n) is 18.8. The number of ketones is 1. The third-order valence-corrected chi connectivity index (χ3v) is 4.87. The van der Waals surface area contributed by atoms with Gasteiger partial charge in [-0.1, -0.05) is 6.07 Å². The minimum absolute atomic E-state index is 0.255. The number of hydrogen-bond donors (Lipinski definition) is 0. The van der Waals surface area contributed by atoms with Gasteiger partial charge in [-0.05, 0) is 36.4 Å². The molecule has 0 radical (unpaired) electrons. The second-order valence-corrected chi connectivity index (χ2v) is 6.57. The van der Waals surface area contributed by atoms with E-state index in [0.717, 1.165) is 0 Å². The van der Waals surface area contributed by atoms with E-state index in [1.807, 2.05) is 0 Å². The normalized spacial score (nSPS) is 10.3. The lowest BCUT2D eigenvalue weighted by molar-refractivity contribution is 0.103. The maximum atomic E-state index is 13.2. The maximum absolute atomic E-state index is 13.2. The molecule has 0 saturated heterocycles. The van der Waals surface area contributed by atoms with E-state index in [4.69, 9.17) is 28.4 Å². The minimum atomic E-state index is -0.293. The first-order valence-corrected chi connectivity index (χ1v) is 9.63. The number of methoxy groups -OCH3 is 6. The molecule has 32 heavy (non-hydrogen) atoms. The van der Waals surface area contributed by atoms with Gasteiger partial charge in [0.25, 0.3) is 0 Å². The predicted molar refractivity (Wildman–Crippen MR) is 119 cm³/mol. The van der Waals surface area contributed by atoms with Crippen LogP contribution in [-0.2, 0) is 0 Å². The molecule has 1 aromatic heterocycles. The summed E-state index contributed by atoms with van der Waals surface area (Å²) in [5.74, 6) is 2.34. The first kappa shape index (κ1) is 22.7. The van der Waals surface area contributed by atoms with Crippen molar-refractivity contribution in [2.75, 3.05) is 42.7 Å². The van der Waals surface area contributed by atoms with Crippen molar-refractivity contribution in [3.8, 4) is 45.8 Å². The smallest absolute Gasteiger partial charge is 0.211 e. The van der Waals surface area contributed by atoms with Crippen LogP contribution in [-0.4, -0.2) is 53.4 Å². The standard InChI is InChI=1S/C24H25NO7/c1-27-18-10-14(11-19(28-2)23(18)31-5)16-8-7-9-17(25-16)22(26)15-12-20(29-3)24(32-6)21(13-15)30-4/h7-13H,1-6H3. The Morgan fingerprint density at radius 2 is 1.12 bits per heavy atom. The van der Waals surface area contributed by atoms with E-state index in [1.54, 1.807) is 56.7 Å². The van der Waals surface area contributed by atoms with Crippen LogP contribution in [0.3, 0.4) is 0 Å². The van der Waals surface area contributed by atoms with Gasteiger partial charge in [0.15, 0.2) is 23.0 Å². The number of aromatic nitrogens is 1. The number of benzene rings is 2. The van der Waals surface area contributed by atoms with Gasteiger partial charge >= 0.3 is 0 Å². The Labute approximate surface area is 186 Å². The van der Waals surface area contributed by atoms with Gasteiger partial charge in [0.1, 0.15) is 5.69 Å². The van der Waals surface area contributed by atoms with Gasteiger partial charge in [-0.15, -0.1) is 0 Å². The molecular formula is C24H25NO7. The molecule has 0 amide bonds. The molecule has 8 nitrogen and oxygen atoms in total. The SMILES string of the molecule is COc1cc(C(=O)c2cccc(-c3cc(OC)c(OC)c(OC)c3)n2)cc(OC)c1OC. The number of carbonyl (C=O) groups excluding carboxylic acids is 1. The summed E-state index contributed by atoms with van der Waals surface area (Å²) in [6, 6.07) is 11.9. The van der Waals surface area contributed by atoms with Crippen LogP contribution in [0.25, 0.3) is 11.3 Å². The van der Waals surface area contributed by atoms with Crippen molar-refractivity contribution < 1.29 is 33.2 Å². The van der Waals surface area contributed by atoms with E-state index < -0.39 is 0 Å². The van der Waals surface area contributed by atoms with Gasteiger partial charge in [0, 0.05) is 11.1 Å². The third-order valence-electron chi connectivity index (χ3n) is 4.87. The highest BCUT2D eigenvalue weighted by Crippen LogP contribution is 2.41. The van der Waals surface area contributed by atoms with Crippen molar-refractivity contribution in [1.82, 2.24) is 4.98 Å². The molecule has 0 aliphatic heterocycles. The molecule has 0 aliphatic rings. The average Bonchev–Trinajstić information content (AvgIpc) is 2.86. The Morgan fingerprint density at radius 1 is 0.656 bits per heavy atom. The van der Waals surface area contributed by atoms with Crippen LogP contribution in [0.4, 0.5) is 0 Å². The summed E-state index contributed by atoms with van der Waals surface area (Å²) in [7, 11) is 9.11. The monoisotopic (exact) mass is 439 g/mol. The van der Waals surface area contributed by atoms with Crippen LogP contribution in [0.2, 0.25) is 0 Å². The van der Waals surface area contributed by atoms with Gasteiger partial charge in [-0.2, -0.15) is 0 Å². The molecule has 0 atom stereocenters. The lowest BCUT2D eigenvalue weighted by Gasteiger charge is -2.15. The topological polar surface area (TPSA) is 85.3 Å². The fraction of sp³-hybridized carbons (Fsp3) is 0.250. The summed E-state index contributed by atoms with van der Waals surface area (Å²) in [4.78, 5) is 17.8. The number of rotatable bonds is 9. The summed E-state index contributed by atoms with van der Waals surface area (Å²) in [5.41, 5.74) is 1.89.